The van der Waals surface area contributed by atoms with E-state index in [1.807, 2.05) is 6.92 Å². The van der Waals surface area contributed by atoms with Crippen molar-refractivity contribution in [1.29, 1.82) is 0 Å². The number of anilines is 2. The van der Waals surface area contributed by atoms with Crippen LogP contribution in [0.2, 0.25) is 5.02 Å². The highest BCUT2D eigenvalue weighted by atomic mass is 35.5. The largest absolute Gasteiger partial charge is 0.323 e. The highest BCUT2D eigenvalue weighted by molar-refractivity contribution is 7.18. The Morgan fingerprint density at radius 2 is 2.07 bits per heavy atom. The molecule has 1 aliphatic carbocycles. The van der Waals surface area contributed by atoms with Gasteiger partial charge in [0, 0.05) is 11.3 Å². The van der Waals surface area contributed by atoms with Crippen molar-refractivity contribution in [1.82, 2.24) is 24.7 Å². The molecule has 4 aromatic rings. The van der Waals surface area contributed by atoms with Crippen LogP contribution in [0.5, 0.6) is 0 Å². The lowest BCUT2D eigenvalue weighted by molar-refractivity contribution is 0.262. The molecule has 1 aromatic carbocycles. The topological polar surface area (TPSA) is 97.6 Å². The third-order valence-corrected chi connectivity index (χ3v) is 6.05. The molecule has 0 saturated heterocycles. The monoisotopic (exact) mass is 439 g/mol. The van der Waals surface area contributed by atoms with E-state index in [-0.39, 0.29) is 6.03 Å². The molecule has 10 heteroatoms. The fourth-order valence-electron chi connectivity index (χ4n) is 3.40. The van der Waals surface area contributed by atoms with Crippen molar-refractivity contribution in [3.05, 3.63) is 52.1 Å². The second kappa shape index (κ2) is 7.33. The standard InChI is InChI=1S/C20H18ClN7OS/c1-10-23-9-28(27-10)16-6-5-13(7-14(16)21)25-20(29)26-15-8-22-19-18(24-11(2)30-19)17(15)12-3-4-12/h5-9,12H,3-4H2,1-2H3,(H2,25,26,29). The molecule has 30 heavy (non-hydrogen) atoms. The molecule has 152 valence electrons. The molecule has 2 amide bonds. The van der Waals surface area contributed by atoms with E-state index < -0.39 is 0 Å². The minimum atomic E-state index is -0.356. The van der Waals surface area contributed by atoms with Crippen molar-refractivity contribution in [3.8, 4) is 5.69 Å². The van der Waals surface area contributed by atoms with E-state index in [0.29, 0.717) is 33.8 Å². The summed E-state index contributed by atoms with van der Waals surface area (Å²) in [5.41, 5.74) is 3.94. The Balaban J connectivity index is 1.36. The summed E-state index contributed by atoms with van der Waals surface area (Å²) in [5, 5.41) is 11.4. The third-order valence-electron chi connectivity index (χ3n) is 4.86. The van der Waals surface area contributed by atoms with Gasteiger partial charge in [-0.2, -0.15) is 5.10 Å². The lowest BCUT2D eigenvalue weighted by Crippen LogP contribution is -2.20. The summed E-state index contributed by atoms with van der Waals surface area (Å²) in [6, 6.07) is 4.88. The van der Waals surface area contributed by atoms with Crippen LogP contribution in [0.25, 0.3) is 16.0 Å². The number of hydrogen-bond donors (Lipinski definition) is 2. The van der Waals surface area contributed by atoms with Crippen molar-refractivity contribution >= 4 is 50.7 Å². The number of pyridine rings is 1. The van der Waals surface area contributed by atoms with Crippen LogP contribution in [-0.2, 0) is 0 Å². The maximum Gasteiger partial charge on any atom is 0.323 e. The number of amides is 2. The fraction of sp³-hybridized carbons (Fsp3) is 0.250. The minimum absolute atomic E-state index is 0.356. The summed E-state index contributed by atoms with van der Waals surface area (Å²) in [6.07, 6.45) is 5.52. The van der Waals surface area contributed by atoms with Gasteiger partial charge in [-0.1, -0.05) is 22.9 Å². The van der Waals surface area contributed by atoms with Gasteiger partial charge in [-0.3, -0.25) is 0 Å². The summed E-state index contributed by atoms with van der Waals surface area (Å²) in [7, 11) is 0. The van der Waals surface area contributed by atoms with Crippen LogP contribution in [-0.4, -0.2) is 30.8 Å². The Labute approximate surface area is 181 Å². The summed E-state index contributed by atoms with van der Waals surface area (Å²) in [6.45, 7) is 3.77. The number of aromatic nitrogens is 5. The molecular formula is C20H18ClN7OS. The Bertz CT molecular complexity index is 1280. The third kappa shape index (κ3) is 3.61. The van der Waals surface area contributed by atoms with Crippen molar-refractivity contribution in [2.45, 2.75) is 32.6 Å². The SMILES string of the molecule is Cc1ncn(-c2ccc(NC(=O)Nc3cnc4sc(C)nc4c3C3CC3)cc2Cl)n1. The second-order valence-corrected chi connectivity index (χ2v) is 8.82. The molecular weight excluding hydrogens is 422 g/mol. The average Bonchev–Trinajstić information content (AvgIpc) is 3.32. The zero-order chi connectivity index (χ0) is 20.8. The van der Waals surface area contributed by atoms with Gasteiger partial charge in [-0.15, -0.1) is 0 Å². The number of carbonyl (C=O) groups excluding carboxylic acids is 1. The van der Waals surface area contributed by atoms with Crippen molar-refractivity contribution < 1.29 is 4.79 Å². The zero-order valence-corrected chi connectivity index (χ0v) is 17.9. The van der Waals surface area contributed by atoms with Gasteiger partial charge in [0.25, 0.3) is 0 Å². The van der Waals surface area contributed by atoms with Crippen molar-refractivity contribution in [2.75, 3.05) is 10.6 Å². The van der Waals surface area contributed by atoms with Crippen LogP contribution in [0.4, 0.5) is 16.2 Å². The van der Waals surface area contributed by atoms with Crippen molar-refractivity contribution in [3.63, 3.8) is 0 Å². The van der Waals surface area contributed by atoms with Gasteiger partial charge in [0.05, 0.1) is 27.6 Å². The number of fused-ring (bicyclic) bond motifs is 1. The Kier molecular flexibility index (Phi) is 4.63. The molecule has 0 aliphatic heterocycles. The first-order valence-corrected chi connectivity index (χ1v) is 10.7. The van der Waals surface area contributed by atoms with Crippen LogP contribution in [0.1, 0.15) is 35.2 Å². The number of carbonyl (C=O) groups is 1. The lowest BCUT2D eigenvalue weighted by Gasteiger charge is -2.12. The molecule has 0 radical (unpaired) electrons. The Hall–Kier alpha value is -3.04. The number of hydrogen-bond acceptors (Lipinski definition) is 6. The van der Waals surface area contributed by atoms with Crippen LogP contribution >= 0.6 is 22.9 Å². The normalized spacial score (nSPS) is 13.6. The summed E-state index contributed by atoms with van der Waals surface area (Å²) in [4.78, 5) is 26.8. The van der Waals surface area contributed by atoms with Gasteiger partial charge < -0.3 is 10.6 Å². The van der Waals surface area contributed by atoms with E-state index in [2.05, 4.69) is 30.7 Å². The molecule has 2 N–H and O–H groups in total. The number of urea groups is 1. The van der Waals surface area contributed by atoms with Gasteiger partial charge in [-0.25, -0.2) is 24.4 Å². The number of thiazole rings is 1. The number of benzene rings is 1. The van der Waals surface area contributed by atoms with Gasteiger partial charge >= 0.3 is 6.03 Å². The first kappa shape index (κ1) is 19.0. The van der Waals surface area contributed by atoms with Crippen LogP contribution in [0.15, 0.2) is 30.7 Å². The quantitative estimate of drug-likeness (QED) is 0.463. The molecule has 1 fully saturated rings. The smallest absolute Gasteiger partial charge is 0.308 e. The summed E-state index contributed by atoms with van der Waals surface area (Å²) in [5.74, 6) is 1.08. The van der Waals surface area contributed by atoms with E-state index >= 15 is 0 Å². The molecule has 0 bridgehead atoms. The van der Waals surface area contributed by atoms with E-state index in [1.165, 1.54) is 0 Å². The number of aryl methyl sites for hydroxylation is 2. The minimum Gasteiger partial charge on any atom is -0.308 e. The molecule has 3 heterocycles. The molecule has 1 aliphatic rings. The highest BCUT2D eigenvalue weighted by Crippen LogP contribution is 2.46. The van der Waals surface area contributed by atoms with E-state index in [0.717, 1.165) is 33.8 Å². The van der Waals surface area contributed by atoms with Crippen LogP contribution < -0.4 is 10.6 Å². The van der Waals surface area contributed by atoms with Crippen molar-refractivity contribution in [2.24, 2.45) is 0 Å². The van der Waals surface area contributed by atoms with Gasteiger partial charge in [0.2, 0.25) is 0 Å². The predicted molar refractivity (Wildman–Crippen MR) is 118 cm³/mol. The summed E-state index contributed by atoms with van der Waals surface area (Å²) < 4.78 is 1.60. The molecule has 1 saturated carbocycles. The predicted octanol–water partition coefficient (Wildman–Crippen LogP) is 5.06. The average molecular weight is 440 g/mol. The fourth-order valence-corrected chi connectivity index (χ4v) is 4.44. The van der Waals surface area contributed by atoms with E-state index in [9.17, 15) is 4.79 Å². The molecule has 3 aromatic heterocycles. The zero-order valence-electron chi connectivity index (χ0n) is 16.3. The highest BCUT2D eigenvalue weighted by Gasteiger charge is 2.30. The first-order chi connectivity index (χ1) is 14.5. The molecule has 0 spiro atoms. The van der Waals surface area contributed by atoms with E-state index in [4.69, 9.17) is 11.6 Å². The lowest BCUT2D eigenvalue weighted by atomic mass is 10.1. The molecule has 5 rings (SSSR count). The molecule has 8 nitrogen and oxygen atoms in total. The second-order valence-electron chi connectivity index (χ2n) is 7.23. The number of nitrogens with zero attached hydrogens (tertiary/aromatic N) is 5. The molecule has 0 atom stereocenters. The van der Waals surface area contributed by atoms with E-state index in [1.54, 1.807) is 53.7 Å². The number of nitrogens with one attached hydrogen (secondary N) is 2. The Morgan fingerprint density at radius 3 is 2.77 bits per heavy atom. The first-order valence-electron chi connectivity index (χ1n) is 9.50. The van der Waals surface area contributed by atoms with Crippen LogP contribution in [0, 0.1) is 13.8 Å². The Morgan fingerprint density at radius 1 is 1.23 bits per heavy atom. The number of rotatable bonds is 4. The van der Waals surface area contributed by atoms with Gasteiger partial charge in [0.15, 0.2) is 0 Å². The maximum atomic E-state index is 12.6. The number of halogens is 1. The maximum absolute atomic E-state index is 12.6. The summed E-state index contributed by atoms with van der Waals surface area (Å²) >= 11 is 7.95. The molecule has 0 unspecified atom stereocenters. The van der Waals surface area contributed by atoms with Gasteiger partial charge in [0.1, 0.15) is 22.5 Å². The van der Waals surface area contributed by atoms with Gasteiger partial charge in [-0.05, 0) is 50.8 Å². The van der Waals surface area contributed by atoms with Crippen LogP contribution in [0.3, 0.4) is 0 Å².